The van der Waals surface area contributed by atoms with Crippen molar-refractivity contribution in [3.8, 4) is 0 Å². The maximum absolute atomic E-state index is 3.98. The second kappa shape index (κ2) is 4.42. The van der Waals surface area contributed by atoms with Gasteiger partial charge >= 0.3 is 0 Å². The number of nitrogens with zero attached hydrogens (tertiary/aromatic N) is 2. The fourth-order valence-corrected chi connectivity index (χ4v) is 2.12. The van der Waals surface area contributed by atoms with E-state index in [1.807, 2.05) is 0 Å². The molecule has 1 aliphatic heterocycles. The summed E-state index contributed by atoms with van der Waals surface area (Å²) in [7, 11) is 0. The first-order valence-corrected chi connectivity index (χ1v) is 6.13. The van der Waals surface area contributed by atoms with Crippen LogP contribution in [0.3, 0.4) is 0 Å². The highest BCUT2D eigenvalue weighted by Gasteiger charge is 2.15. The third kappa shape index (κ3) is 2.05. The minimum Gasteiger partial charge on any atom is -0.157 e. The predicted octanol–water partition coefficient (Wildman–Crippen LogP) is 3.79. The van der Waals surface area contributed by atoms with E-state index < -0.39 is 0 Å². The molecule has 16 heavy (non-hydrogen) atoms. The summed E-state index contributed by atoms with van der Waals surface area (Å²) < 4.78 is 0.816. The fourth-order valence-electron chi connectivity index (χ4n) is 1.71. The lowest BCUT2D eigenvalue weighted by Gasteiger charge is -2.11. The van der Waals surface area contributed by atoms with Crippen LogP contribution in [0.5, 0.6) is 0 Å². The SMILES string of the molecule is Cc1ccc(C(C)C)cc1C1=C[N]N=C1Br. The summed E-state index contributed by atoms with van der Waals surface area (Å²) in [4.78, 5) is 0. The summed E-state index contributed by atoms with van der Waals surface area (Å²) in [6.07, 6.45) is 1.80. The van der Waals surface area contributed by atoms with Crippen molar-refractivity contribution in [1.82, 2.24) is 5.43 Å². The van der Waals surface area contributed by atoms with Gasteiger partial charge in [0, 0.05) is 5.57 Å². The van der Waals surface area contributed by atoms with Crippen LogP contribution in [0.15, 0.2) is 29.5 Å². The summed E-state index contributed by atoms with van der Waals surface area (Å²) in [6, 6.07) is 6.56. The molecule has 0 aliphatic carbocycles. The molecule has 0 unspecified atom stereocenters. The van der Waals surface area contributed by atoms with Gasteiger partial charge in [0.25, 0.3) is 0 Å². The molecule has 0 amide bonds. The maximum Gasteiger partial charge on any atom is 0.138 e. The molecule has 0 N–H and O–H groups in total. The highest BCUT2D eigenvalue weighted by Crippen LogP contribution is 2.28. The standard InChI is InChI=1S/C13H14BrN2/c1-8(2)10-5-4-9(3)11(6-10)12-7-15-16-13(12)14/h4-8H,1-3H3. The van der Waals surface area contributed by atoms with Crippen LogP contribution in [-0.2, 0) is 0 Å². The molecule has 1 radical (unpaired) electrons. The van der Waals surface area contributed by atoms with Gasteiger partial charge < -0.3 is 0 Å². The number of benzene rings is 1. The second-order valence-corrected chi connectivity index (χ2v) is 5.03. The van der Waals surface area contributed by atoms with E-state index in [0.29, 0.717) is 5.92 Å². The Hall–Kier alpha value is -1.09. The van der Waals surface area contributed by atoms with Crippen LogP contribution in [0, 0.1) is 6.92 Å². The molecule has 0 bridgehead atoms. The van der Waals surface area contributed by atoms with E-state index in [0.717, 1.165) is 10.2 Å². The largest absolute Gasteiger partial charge is 0.157 e. The Balaban J connectivity index is 2.48. The molecule has 0 saturated heterocycles. The summed E-state index contributed by atoms with van der Waals surface area (Å²) in [5.41, 5.74) is 8.79. The van der Waals surface area contributed by atoms with Crippen LogP contribution in [0.1, 0.15) is 36.5 Å². The van der Waals surface area contributed by atoms with Gasteiger partial charge in [0.1, 0.15) is 4.62 Å². The number of halogens is 1. The molecule has 2 nitrogen and oxygen atoms in total. The van der Waals surface area contributed by atoms with Gasteiger partial charge in [-0.15, -0.1) is 5.10 Å². The molecule has 0 atom stereocenters. The number of allylic oxidation sites excluding steroid dienone is 1. The maximum atomic E-state index is 3.98. The monoisotopic (exact) mass is 277 g/mol. The number of hydrogen-bond acceptors (Lipinski definition) is 1. The number of hydrogen-bond donors (Lipinski definition) is 0. The Morgan fingerprint density at radius 2 is 2.00 bits per heavy atom. The molecule has 83 valence electrons. The lowest BCUT2D eigenvalue weighted by Crippen LogP contribution is -1.96. The van der Waals surface area contributed by atoms with E-state index in [4.69, 9.17) is 0 Å². The minimum atomic E-state index is 0.536. The van der Waals surface area contributed by atoms with E-state index in [2.05, 4.69) is 65.4 Å². The minimum absolute atomic E-state index is 0.536. The highest BCUT2D eigenvalue weighted by molar-refractivity contribution is 9.18. The third-order valence-electron chi connectivity index (χ3n) is 2.77. The number of rotatable bonds is 2. The van der Waals surface area contributed by atoms with Crippen molar-refractivity contribution in [1.29, 1.82) is 0 Å². The zero-order chi connectivity index (χ0) is 11.7. The van der Waals surface area contributed by atoms with Crippen molar-refractivity contribution in [2.45, 2.75) is 26.7 Å². The first-order chi connectivity index (χ1) is 7.59. The van der Waals surface area contributed by atoms with Crippen LogP contribution in [0.4, 0.5) is 0 Å². The van der Waals surface area contributed by atoms with E-state index in [1.165, 1.54) is 16.7 Å². The van der Waals surface area contributed by atoms with Gasteiger partial charge in [-0.25, -0.2) is 0 Å². The predicted molar refractivity (Wildman–Crippen MR) is 71.7 cm³/mol. The smallest absolute Gasteiger partial charge is 0.138 e. The molecule has 0 fully saturated rings. The number of aryl methyl sites for hydroxylation is 1. The zero-order valence-corrected chi connectivity index (χ0v) is 11.2. The Kier molecular flexibility index (Phi) is 3.15. The topological polar surface area (TPSA) is 26.5 Å². The first-order valence-electron chi connectivity index (χ1n) is 5.34. The molecule has 0 spiro atoms. The molecule has 3 heteroatoms. The van der Waals surface area contributed by atoms with Gasteiger partial charge in [0.05, 0.1) is 6.20 Å². The molecule has 1 heterocycles. The van der Waals surface area contributed by atoms with Crippen LogP contribution in [0.2, 0.25) is 0 Å². The Morgan fingerprint density at radius 1 is 1.25 bits per heavy atom. The normalized spacial score (nSPS) is 14.8. The molecule has 0 saturated carbocycles. The van der Waals surface area contributed by atoms with E-state index >= 15 is 0 Å². The molecule has 2 rings (SSSR count). The van der Waals surface area contributed by atoms with Gasteiger partial charge in [0.2, 0.25) is 0 Å². The molecule has 0 aromatic heterocycles. The van der Waals surface area contributed by atoms with Gasteiger partial charge in [-0.05, 0) is 45.5 Å². The fraction of sp³-hybridized carbons (Fsp3) is 0.308. The third-order valence-corrected chi connectivity index (χ3v) is 3.36. The van der Waals surface area contributed by atoms with Gasteiger partial charge in [-0.3, -0.25) is 0 Å². The lowest BCUT2D eigenvalue weighted by molar-refractivity contribution is 0.865. The molecule has 1 aromatic carbocycles. The van der Waals surface area contributed by atoms with Crippen molar-refractivity contribution in [3.63, 3.8) is 0 Å². The van der Waals surface area contributed by atoms with Crippen LogP contribution >= 0.6 is 15.9 Å². The zero-order valence-electron chi connectivity index (χ0n) is 9.66. The van der Waals surface area contributed by atoms with Crippen molar-refractivity contribution in [2.75, 3.05) is 0 Å². The Morgan fingerprint density at radius 3 is 2.56 bits per heavy atom. The van der Waals surface area contributed by atoms with Crippen LogP contribution < -0.4 is 5.43 Å². The van der Waals surface area contributed by atoms with Crippen molar-refractivity contribution in [3.05, 3.63) is 41.1 Å². The second-order valence-electron chi connectivity index (χ2n) is 4.28. The summed E-state index contributed by atoms with van der Waals surface area (Å²) in [6.45, 7) is 6.51. The van der Waals surface area contributed by atoms with Crippen LogP contribution in [-0.4, -0.2) is 4.62 Å². The molecular formula is C13H14BrN2. The Labute approximate surface area is 105 Å². The van der Waals surface area contributed by atoms with E-state index in [1.54, 1.807) is 6.20 Å². The van der Waals surface area contributed by atoms with E-state index in [9.17, 15) is 0 Å². The summed E-state index contributed by atoms with van der Waals surface area (Å²) >= 11 is 3.43. The van der Waals surface area contributed by atoms with E-state index in [-0.39, 0.29) is 0 Å². The summed E-state index contributed by atoms with van der Waals surface area (Å²) in [5, 5.41) is 3.98. The van der Waals surface area contributed by atoms with Crippen molar-refractivity contribution < 1.29 is 0 Å². The highest BCUT2D eigenvalue weighted by atomic mass is 79.9. The average Bonchev–Trinajstić information content (AvgIpc) is 2.65. The van der Waals surface area contributed by atoms with Crippen LogP contribution in [0.25, 0.3) is 5.57 Å². The lowest BCUT2D eigenvalue weighted by atomic mass is 9.94. The molecule has 1 aliphatic rings. The van der Waals surface area contributed by atoms with Gasteiger partial charge in [-0.1, -0.05) is 32.0 Å². The van der Waals surface area contributed by atoms with Gasteiger partial charge in [-0.2, -0.15) is 5.43 Å². The molecular weight excluding hydrogens is 264 g/mol. The average molecular weight is 278 g/mol. The first kappa shape index (κ1) is 11.4. The van der Waals surface area contributed by atoms with Gasteiger partial charge in [0.15, 0.2) is 0 Å². The van der Waals surface area contributed by atoms with Crippen molar-refractivity contribution in [2.24, 2.45) is 5.10 Å². The Bertz CT molecular complexity index is 473. The molecule has 1 aromatic rings. The quantitative estimate of drug-likeness (QED) is 0.787. The van der Waals surface area contributed by atoms with Crippen molar-refractivity contribution >= 4 is 26.1 Å². The summed E-state index contributed by atoms with van der Waals surface area (Å²) in [5.74, 6) is 0.536.